The van der Waals surface area contributed by atoms with Crippen molar-refractivity contribution in [1.29, 1.82) is 0 Å². The number of rotatable bonds is 6. The number of methoxy groups -OCH3 is 2. The van der Waals surface area contributed by atoms with E-state index in [1.165, 1.54) is 14.2 Å². The van der Waals surface area contributed by atoms with Crippen LogP contribution in [0.4, 0.5) is 0 Å². The van der Waals surface area contributed by atoms with Crippen LogP contribution < -0.4 is 11.1 Å². The zero-order chi connectivity index (χ0) is 23.0. The summed E-state index contributed by atoms with van der Waals surface area (Å²) >= 11 is 11.7. The Bertz CT molecular complexity index is 965. The van der Waals surface area contributed by atoms with Gasteiger partial charge in [-0.2, -0.15) is 0 Å². The molecule has 0 bridgehead atoms. The number of halogens is 3. The van der Waals surface area contributed by atoms with E-state index in [1.54, 1.807) is 36.4 Å². The zero-order valence-corrected chi connectivity index (χ0v) is 20.0. The van der Waals surface area contributed by atoms with E-state index in [1.807, 2.05) is 0 Å². The second-order valence-electron chi connectivity index (χ2n) is 6.81. The van der Waals surface area contributed by atoms with Gasteiger partial charge in [-0.05, 0) is 48.2 Å². The van der Waals surface area contributed by atoms with E-state index < -0.39 is 11.9 Å². The normalized spacial score (nSPS) is 11.9. The Morgan fingerprint density at radius 3 is 1.84 bits per heavy atom. The number of nitrogens with one attached hydrogen (secondary N) is 1. The van der Waals surface area contributed by atoms with Gasteiger partial charge in [0, 0.05) is 19.0 Å². The average Bonchev–Trinajstić information content (AvgIpc) is 3.63. The molecule has 0 spiro atoms. The van der Waals surface area contributed by atoms with Gasteiger partial charge < -0.3 is 20.5 Å². The van der Waals surface area contributed by atoms with Gasteiger partial charge in [-0.1, -0.05) is 35.3 Å². The molecule has 2 aromatic carbocycles. The fraction of sp³-hybridized carbons (Fsp3) is 0.318. The van der Waals surface area contributed by atoms with E-state index in [0.29, 0.717) is 34.3 Å². The predicted octanol–water partition coefficient (Wildman–Crippen LogP) is 4.16. The van der Waals surface area contributed by atoms with E-state index in [2.05, 4.69) is 14.8 Å². The summed E-state index contributed by atoms with van der Waals surface area (Å²) in [6, 6.07) is 10.1. The number of carbonyl (C=O) groups excluding carboxylic acids is 3. The Hall–Kier alpha value is -2.32. The molecule has 10 heteroatoms. The minimum Gasteiger partial charge on any atom is -0.465 e. The van der Waals surface area contributed by atoms with Crippen molar-refractivity contribution < 1.29 is 23.9 Å². The molecule has 0 unspecified atom stereocenters. The summed E-state index contributed by atoms with van der Waals surface area (Å²) in [5.41, 5.74) is 7.77. The molecule has 1 amide bonds. The highest BCUT2D eigenvalue weighted by molar-refractivity contribution is 6.34. The Kier molecular flexibility index (Phi) is 11.5. The number of esters is 2. The lowest BCUT2D eigenvalue weighted by molar-refractivity contribution is -0.122. The van der Waals surface area contributed by atoms with Gasteiger partial charge in [0.2, 0.25) is 5.91 Å². The van der Waals surface area contributed by atoms with Crippen LogP contribution in [-0.4, -0.2) is 32.1 Å². The molecule has 1 aliphatic rings. The first-order valence-electron chi connectivity index (χ1n) is 9.52. The molecule has 2 aromatic rings. The van der Waals surface area contributed by atoms with Crippen molar-refractivity contribution in [3.63, 3.8) is 0 Å². The molecular weight excluding hydrogens is 479 g/mol. The van der Waals surface area contributed by atoms with E-state index in [-0.39, 0.29) is 24.2 Å². The van der Waals surface area contributed by atoms with Gasteiger partial charge in [0.15, 0.2) is 0 Å². The van der Waals surface area contributed by atoms with Crippen molar-refractivity contribution in [1.82, 2.24) is 5.32 Å². The molecule has 0 radical (unpaired) electrons. The van der Waals surface area contributed by atoms with Crippen LogP contribution in [0.25, 0.3) is 0 Å². The van der Waals surface area contributed by atoms with Gasteiger partial charge in [0.25, 0.3) is 0 Å². The number of hydrogen-bond donors (Lipinski definition) is 2. The van der Waals surface area contributed by atoms with Crippen LogP contribution in [0.1, 0.15) is 44.7 Å². The molecule has 32 heavy (non-hydrogen) atoms. The first-order valence-corrected chi connectivity index (χ1v) is 10.3. The van der Waals surface area contributed by atoms with Crippen molar-refractivity contribution in [3.8, 4) is 0 Å². The van der Waals surface area contributed by atoms with Gasteiger partial charge in [-0.3, -0.25) is 4.79 Å². The smallest absolute Gasteiger partial charge is 0.339 e. The fourth-order valence-corrected chi connectivity index (χ4v) is 2.98. The Labute approximate surface area is 202 Å². The predicted molar refractivity (Wildman–Crippen MR) is 125 cm³/mol. The largest absolute Gasteiger partial charge is 0.465 e. The Morgan fingerprint density at radius 2 is 1.41 bits per heavy atom. The summed E-state index contributed by atoms with van der Waals surface area (Å²) in [5, 5.41) is 3.56. The number of ether oxygens (including phenoxy) is 2. The summed E-state index contributed by atoms with van der Waals surface area (Å²) in [7, 11) is 2.62. The van der Waals surface area contributed by atoms with Gasteiger partial charge >= 0.3 is 11.9 Å². The molecule has 0 aliphatic heterocycles. The van der Waals surface area contributed by atoms with Crippen molar-refractivity contribution in [2.45, 2.75) is 25.9 Å². The molecule has 0 atom stereocenters. The van der Waals surface area contributed by atoms with Crippen LogP contribution >= 0.6 is 35.6 Å². The van der Waals surface area contributed by atoms with Gasteiger partial charge in [0.1, 0.15) is 0 Å². The lowest BCUT2D eigenvalue weighted by Gasteiger charge is -2.07. The maximum absolute atomic E-state index is 11.5. The minimum absolute atomic E-state index is 0. The number of nitrogens with two attached hydrogens (primary N) is 1. The van der Waals surface area contributed by atoms with Crippen LogP contribution in [0.15, 0.2) is 36.4 Å². The standard InChI is InChI=1S/C13H14ClNO3.C9H10ClNO2.ClH/c1-18-13(17)10-6-8(2-5-11(10)14)7-15-12(16)9-3-4-9;1-13-9(12)7-4-6(5-11)2-3-8(7)10;/h2,5-6,9H,3-4,7H2,1H3,(H,15,16);2-4H,5,11H2,1H3;1H. The third kappa shape index (κ3) is 7.98. The molecule has 1 saturated carbocycles. The maximum atomic E-state index is 11.5. The van der Waals surface area contributed by atoms with Crippen molar-refractivity contribution in [3.05, 3.63) is 68.7 Å². The van der Waals surface area contributed by atoms with Gasteiger partial charge in [0.05, 0.1) is 35.4 Å². The van der Waals surface area contributed by atoms with Crippen LogP contribution in [0.2, 0.25) is 10.0 Å². The summed E-state index contributed by atoms with van der Waals surface area (Å²) in [4.78, 5) is 34.1. The molecular formula is C22H25Cl3N2O5. The fourth-order valence-electron chi connectivity index (χ4n) is 2.59. The monoisotopic (exact) mass is 502 g/mol. The molecule has 0 saturated heterocycles. The highest BCUT2D eigenvalue weighted by Gasteiger charge is 2.29. The Morgan fingerprint density at radius 1 is 0.938 bits per heavy atom. The summed E-state index contributed by atoms with van der Waals surface area (Å²) in [5.74, 6) is -0.669. The van der Waals surface area contributed by atoms with Crippen LogP contribution in [0.5, 0.6) is 0 Å². The first-order chi connectivity index (χ1) is 14.8. The summed E-state index contributed by atoms with van der Waals surface area (Å²) in [6.07, 6.45) is 1.94. The van der Waals surface area contributed by atoms with E-state index in [4.69, 9.17) is 28.9 Å². The topological polar surface area (TPSA) is 108 Å². The highest BCUT2D eigenvalue weighted by Crippen LogP contribution is 2.29. The molecule has 0 heterocycles. The lowest BCUT2D eigenvalue weighted by atomic mass is 10.1. The van der Waals surface area contributed by atoms with E-state index in [9.17, 15) is 14.4 Å². The summed E-state index contributed by atoms with van der Waals surface area (Å²) in [6.45, 7) is 0.775. The molecule has 3 rings (SSSR count). The molecule has 0 aromatic heterocycles. The van der Waals surface area contributed by atoms with E-state index in [0.717, 1.165) is 24.0 Å². The molecule has 174 valence electrons. The number of amides is 1. The zero-order valence-electron chi connectivity index (χ0n) is 17.7. The van der Waals surface area contributed by atoms with Crippen LogP contribution in [0, 0.1) is 5.92 Å². The third-order valence-corrected chi connectivity index (χ3v) is 5.18. The van der Waals surface area contributed by atoms with Crippen LogP contribution in [0.3, 0.4) is 0 Å². The average molecular weight is 504 g/mol. The molecule has 7 nitrogen and oxygen atoms in total. The molecule has 3 N–H and O–H groups in total. The second-order valence-corrected chi connectivity index (χ2v) is 7.62. The SMILES string of the molecule is COC(=O)c1cc(CN)ccc1Cl.COC(=O)c1cc(CNC(=O)C2CC2)ccc1Cl.Cl. The lowest BCUT2D eigenvalue weighted by Crippen LogP contribution is -2.24. The van der Waals surface area contributed by atoms with Crippen molar-refractivity contribution in [2.75, 3.05) is 14.2 Å². The summed E-state index contributed by atoms with van der Waals surface area (Å²) < 4.78 is 9.19. The van der Waals surface area contributed by atoms with Crippen LogP contribution in [-0.2, 0) is 27.4 Å². The number of hydrogen-bond acceptors (Lipinski definition) is 6. The quantitative estimate of drug-likeness (QED) is 0.573. The number of benzene rings is 2. The van der Waals surface area contributed by atoms with E-state index >= 15 is 0 Å². The van der Waals surface area contributed by atoms with Crippen molar-refractivity contribution in [2.24, 2.45) is 11.7 Å². The van der Waals surface area contributed by atoms with Gasteiger partial charge in [-0.15, -0.1) is 12.4 Å². The molecule has 1 aliphatic carbocycles. The first kappa shape index (κ1) is 27.7. The minimum atomic E-state index is -0.477. The van der Waals surface area contributed by atoms with Crippen molar-refractivity contribution >= 4 is 53.5 Å². The Balaban J connectivity index is 0.000000327. The van der Waals surface area contributed by atoms with Gasteiger partial charge in [-0.25, -0.2) is 9.59 Å². The molecule has 1 fully saturated rings. The highest BCUT2D eigenvalue weighted by atomic mass is 35.5. The number of carbonyl (C=O) groups is 3. The third-order valence-electron chi connectivity index (χ3n) is 4.52. The maximum Gasteiger partial charge on any atom is 0.339 e. The second kappa shape index (κ2) is 13.3.